The number of hydrogen-bond donors (Lipinski definition) is 0. The molecule has 0 heterocycles. The minimum Gasteiger partial charge on any atom is -0.300 e. The molecule has 0 radical (unpaired) electrons. The van der Waals surface area contributed by atoms with E-state index in [1.807, 2.05) is 0 Å². The lowest BCUT2D eigenvalue weighted by atomic mass is 9.81. The van der Waals surface area contributed by atoms with E-state index in [2.05, 4.69) is 0 Å². The minimum absolute atomic E-state index is 0.177. The Bertz CT molecular complexity index is 368. The van der Waals surface area contributed by atoms with Crippen LogP contribution in [0.5, 0.6) is 0 Å². The van der Waals surface area contributed by atoms with Crippen LogP contribution in [-0.2, 0) is 9.59 Å². The molecule has 4 aliphatic rings. The molecule has 4 saturated carbocycles. The van der Waals surface area contributed by atoms with Crippen LogP contribution in [0, 0.1) is 10.8 Å². The summed E-state index contributed by atoms with van der Waals surface area (Å²) in [6, 6.07) is 0. The Labute approximate surface area is 86.9 Å². The number of carbonyl (C=O) groups excluding carboxylic acids is 2. The summed E-state index contributed by atoms with van der Waals surface area (Å²) in [4.78, 5) is 21.0. The number of ketones is 2. The Hall–Kier alpha value is -0.660. The molecular formula is C12H16O2. The van der Waals surface area contributed by atoms with Gasteiger partial charge in [-0.25, -0.2) is 0 Å². The lowest BCUT2D eigenvalue weighted by Crippen LogP contribution is -2.23. The van der Waals surface area contributed by atoms with Crippen LogP contribution in [0.4, 0.5) is 0 Å². The van der Waals surface area contributed by atoms with Crippen LogP contribution < -0.4 is 0 Å². The maximum Gasteiger partial charge on any atom is 0.134 e. The predicted octanol–water partition coefficient (Wildman–Crippen LogP) is 2.26. The molecule has 0 aromatic heterocycles. The minimum atomic E-state index is -1.45. The van der Waals surface area contributed by atoms with Crippen LogP contribution in [0.15, 0.2) is 0 Å². The summed E-state index contributed by atoms with van der Waals surface area (Å²) < 4.78 is 14.5. The maximum atomic E-state index is 10.6. The Morgan fingerprint density at radius 3 is 1.50 bits per heavy atom. The molecule has 4 rings (SSSR count). The molecule has 2 heteroatoms. The topological polar surface area (TPSA) is 34.1 Å². The van der Waals surface area contributed by atoms with E-state index in [0.29, 0.717) is 17.6 Å². The van der Waals surface area contributed by atoms with E-state index in [1.165, 1.54) is 12.8 Å². The molecule has 4 fully saturated rings. The zero-order valence-electron chi connectivity index (χ0n) is 10.3. The fourth-order valence-corrected chi connectivity index (χ4v) is 2.35. The Morgan fingerprint density at radius 1 is 0.857 bits per heavy atom. The molecule has 2 spiro atoms. The lowest BCUT2D eigenvalue weighted by molar-refractivity contribution is -0.128. The molecule has 0 unspecified atom stereocenters. The molecule has 14 heavy (non-hydrogen) atoms. The number of Topliss-reactive ketones (excluding diaryl/α,β-unsaturated/α-hetero) is 2. The monoisotopic (exact) mass is 194 g/mol. The van der Waals surface area contributed by atoms with Crippen LogP contribution in [0.2, 0.25) is 0 Å². The van der Waals surface area contributed by atoms with Gasteiger partial charge in [-0.1, -0.05) is 0 Å². The van der Waals surface area contributed by atoms with Crippen molar-refractivity contribution >= 4 is 11.6 Å². The number of carbonyl (C=O) groups is 2. The summed E-state index contributed by atoms with van der Waals surface area (Å²) in [5.74, 6) is 0.289. The van der Waals surface area contributed by atoms with Gasteiger partial charge in [0.2, 0.25) is 0 Å². The summed E-state index contributed by atoms with van der Waals surface area (Å²) in [6.45, 7) is 0. The Kier molecular flexibility index (Phi) is 1.19. The highest BCUT2D eigenvalue weighted by atomic mass is 16.1. The quantitative estimate of drug-likeness (QED) is 0.592. The van der Waals surface area contributed by atoms with Gasteiger partial charge in [0, 0.05) is 28.4 Å². The lowest BCUT2D eigenvalue weighted by Gasteiger charge is -2.22. The zero-order valence-corrected chi connectivity index (χ0v) is 8.27. The normalized spacial score (nSPS) is 38.6. The first-order valence-electron chi connectivity index (χ1n) is 6.44. The van der Waals surface area contributed by atoms with E-state index in [0.717, 1.165) is 25.7 Å². The summed E-state index contributed by atoms with van der Waals surface area (Å²) in [5.41, 5.74) is 0.418. The second kappa shape index (κ2) is 2.47. The van der Waals surface area contributed by atoms with Gasteiger partial charge in [0.15, 0.2) is 0 Å². The molecule has 0 atom stereocenters. The largest absolute Gasteiger partial charge is 0.300 e. The smallest absolute Gasteiger partial charge is 0.134 e. The molecule has 2 nitrogen and oxygen atoms in total. The summed E-state index contributed by atoms with van der Waals surface area (Å²) >= 11 is 0. The summed E-state index contributed by atoms with van der Waals surface area (Å²) in [5, 5.41) is 0. The summed E-state index contributed by atoms with van der Waals surface area (Å²) in [7, 11) is 0. The van der Waals surface area contributed by atoms with Crippen molar-refractivity contribution in [3.63, 3.8) is 0 Å². The van der Waals surface area contributed by atoms with E-state index in [9.17, 15) is 9.59 Å². The molecular weight excluding hydrogens is 176 g/mol. The van der Waals surface area contributed by atoms with Gasteiger partial charge >= 0.3 is 0 Å². The van der Waals surface area contributed by atoms with Gasteiger partial charge in [-0.3, -0.25) is 9.59 Å². The van der Waals surface area contributed by atoms with Crippen molar-refractivity contribution in [1.29, 1.82) is 0 Å². The standard InChI is InChI=1S/2C6H8O/c2*7-5-3-6(4-5)1-2-6/h2*1-4H2/i3D2;. The third-order valence-corrected chi connectivity index (χ3v) is 3.86. The highest BCUT2D eigenvalue weighted by Gasteiger charge is 2.52. The molecule has 0 N–H and O–H groups in total. The molecule has 0 aliphatic heterocycles. The van der Waals surface area contributed by atoms with E-state index < -0.39 is 6.37 Å². The molecule has 0 amide bonds. The van der Waals surface area contributed by atoms with Gasteiger partial charge in [-0.15, -0.1) is 0 Å². The third-order valence-electron chi connectivity index (χ3n) is 3.86. The van der Waals surface area contributed by atoms with Crippen LogP contribution in [0.25, 0.3) is 0 Å². The first-order valence-corrected chi connectivity index (χ1v) is 5.44. The molecule has 0 saturated heterocycles. The second-order valence-electron chi connectivity index (χ2n) is 5.40. The van der Waals surface area contributed by atoms with E-state index in [4.69, 9.17) is 2.74 Å². The van der Waals surface area contributed by atoms with Crippen LogP contribution in [0.1, 0.15) is 54.1 Å². The Morgan fingerprint density at radius 2 is 1.36 bits per heavy atom. The van der Waals surface area contributed by atoms with Crippen LogP contribution >= 0.6 is 0 Å². The van der Waals surface area contributed by atoms with E-state index in [1.54, 1.807) is 0 Å². The van der Waals surface area contributed by atoms with Gasteiger partial charge in [0.1, 0.15) is 11.6 Å². The van der Waals surface area contributed by atoms with Gasteiger partial charge in [-0.2, -0.15) is 0 Å². The summed E-state index contributed by atoms with van der Waals surface area (Å²) in [6.07, 6.45) is 5.38. The second-order valence-corrected chi connectivity index (χ2v) is 5.40. The zero-order chi connectivity index (χ0) is 11.6. The molecule has 76 valence electrons. The highest BCUT2D eigenvalue weighted by molar-refractivity contribution is 5.87. The van der Waals surface area contributed by atoms with Crippen LogP contribution in [-0.4, -0.2) is 11.6 Å². The fourth-order valence-electron chi connectivity index (χ4n) is 2.35. The highest BCUT2D eigenvalue weighted by Crippen LogP contribution is 2.59. The van der Waals surface area contributed by atoms with Gasteiger partial charge in [0.05, 0.1) is 0 Å². The van der Waals surface area contributed by atoms with E-state index in [-0.39, 0.29) is 11.2 Å². The average molecular weight is 194 g/mol. The van der Waals surface area contributed by atoms with Crippen molar-refractivity contribution in [3.8, 4) is 0 Å². The van der Waals surface area contributed by atoms with Gasteiger partial charge < -0.3 is 0 Å². The fraction of sp³-hybridized carbons (Fsp3) is 0.833. The van der Waals surface area contributed by atoms with Crippen molar-refractivity contribution in [2.24, 2.45) is 10.8 Å². The van der Waals surface area contributed by atoms with Crippen molar-refractivity contribution in [1.82, 2.24) is 0 Å². The number of rotatable bonds is 0. The molecule has 0 aromatic rings. The Balaban J connectivity index is 0.000000104. The van der Waals surface area contributed by atoms with Crippen molar-refractivity contribution < 1.29 is 12.3 Å². The maximum absolute atomic E-state index is 10.6. The SMILES string of the molecule is O=C1CC2(CC2)C1.[2H]C1([2H])C(=O)CC12CC2. The van der Waals surface area contributed by atoms with Crippen molar-refractivity contribution in [3.05, 3.63) is 0 Å². The molecule has 0 bridgehead atoms. The molecule has 0 aromatic carbocycles. The van der Waals surface area contributed by atoms with Crippen molar-refractivity contribution in [2.75, 3.05) is 0 Å². The molecule has 4 aliphatic carbocycles. The number of hydrogen-bond acceptors (Lipinski definition) is 2. The first kappa shape index (κ1) is 6.76. The van der Waals surface area contributed by atoms with Crippen molar-refractivity contribution in [2.45, 2.75) is 51.3 Å². The van der Waals surface area contributed by atoms with Crippen LogP contribution in [0.3, 0.4) is 0 Å². The first-order chi connectivity index (χ1) is 7.39. The van der Waals surface area contributed by atoms with E-state index >= 15 is 0 Å². The average Bonchev–Trinajstić information content (AvgIpc) is 2.99. The van der Waals surface area contributed by atoms with Gasteiger partial charge in [0.25, 0.3) is 0 Å². The predicted molar refractivity (Wildman–Crippen MR) is 51.8 cm³/mol. The van der Waals surface area contributed by atoms with Gasteiger partial charge in [-0.05, 0) is 36.5 Å². The third kappa shape index (κ3) is 1.41.